The van der Waals surface area contributed by atoms with E-state index in [1.807, 2.05) is 11.8 Å². The number of nitrogens with zero attached hydrogens (tertiary/aromatic N) is 1. The van der Waals surface area contributed by atoms with E-state index in [0.717, 1.165) is 18.6 Å². The molecule has 5 heteroatoms. The molecule has 1 N–H and O–H groups in total. The van der Waals surface area contributed by atoms with Crippen molar-refractivity contribution in [3.05, 3.63) is 22.4 Å². The predicted octanol–water partition coefficient (Wildman–Crippen LogP) is 3.73. The van der Waals surface area contributed by atoms with Crippen LogP contribution in [0.15, 0.2) is 17.5 Å². The second-order valence-electron chi connectivity index (χ2n) is 6.14. The summed E-state index contributed by atoms with van der Waals surface area (Å²) in [4.78, 5) is 16.1. The fourth-order valence-electron chi connectivity index (χ4n) is 2.85. The first-order valence-electron chi connectivity index (χ1n) is 7.65. The zero-order chi connectivity index (χ0) is 15.4. The van der Waals surface area contributed by atoms with E-state index in [4.69, 9.17) is 0 Å². The highest BCUT2D eigenvalue weighted by atomic mass is 32.2. The lowest BCUT2D eigenvalue weighted by Gasteiger charge is -2.29. The average Bonchev–Trinajstić information content (AvgIpc) is 3.05. The molecule has 0 saturated carbocycles. The Morgan fingerprint density at radius 1 is 1.43 bits per heavy atom. The van der Waals surface area contributed by atoms with Crippen LogP contribution >= 0.6 is 23.1 Å². The Morgan fingerprint density at radius 3 is 2.76 bits per heavy atom. The van der Waals surface area contributed by atoms with E-state index < -0.39 is 0 Å². The SMILES string of the molecule is CSCCC(C)N1C(=O)C(CC(C)C)NC1c1cccs1. The molecule has 0 aromatic carbocycles. The molecule has 21 heavy (non-hydrogen) atoms. The third-order valence-corrected chi connectivity index (χ3v) is 5.49. The van der Waals surface area contributed by atoms with Gasteiger partial charge in [-0.05, 0) is 49.1 Å². The van der Waals surface area contributed by atoms with E-state index in [2.05, 4.69) is 54.8 Å². The minimum absolute atomic E-state index is 0.0335. The van der Waals surface area contributed by atoms with Crippen LogP contribution in [0.5, 0.6) is 0 Å². The molecular formula is C16H26N2OS2. The molecule has 1 saturated heterocycles. The maximum atomic E-state index is 12.8. The Kier molecular flexibility index (Phi) is 6.14. The molecule has 118 valence electrons. The normalized spacial score (nSPS) is 24.0. The third kappa shape index (κ3) is 4.02. The van der Waals surface area contributed by atoms with Crippen LogP contribution in [0, 0.1) is 5.92 Å². The number of thioether (sulfide) groups is 1. The Bertz CT molecular complexity index is 447. The first-order valence-corrected chi connectivity index (χ1v) is 9.92. The Labute approximate surface area is 136 Å². The van der Waals surface area contributed by atoms with Crippen molar-refractivity contribution in [2.24, 2.45) is 5.92 Å². The number of hydrogen-bond donors (Lipinski definition) is 1. The summed E-state index contributed by atoms with van der Waals surface area (Å²) < 4.78 is 0. The number of rotatable bonds is 7. The van der Waals surface area contributed by atoms with Crippen molar-refractivity contribution in [2.45, 2.75) is 51.9 Å². The van der Waals surface area contributed by atoms with Gasteiger partial charge in [-0.3, -0.25) is 10.1 Å². The molecule has 1 fully saturated rings. The van der Waals surface area contributed by atoms with Crippen LogP contribution in [0.2, 0.25) is 0 Å². The fraction of sp³-hybridized carbons (Fsp3) is 0.688. The van der Waals surface area contributed by atoms with Gasteiger partial charge in [0.1, 0.15) is 6.17 Å². The Balaban J connectivity index is 2.17. The molecule has 3 nitrogen and oxygen atoms in total. The summed E-state index contributed by atoms with van der Waals surface area (Å²) in [6.45, 7) is 6.53. The van der Waals surface area contributed by atoms with E-state index in [-0.39, 0.29) is 24.2 Å². The molecule has 0 spiro atoms. The van der Waals surface area contributed by atoms with Crippen LogP contribution in [0.4, 0.5) is 0 Å². The van der Waals surface area contributed by atoms with Gasteiger partial charge in [0.25, 0.3) is 0 Å². The number of thiophene rings is 1. The van der Waals surface area contributed by atoms with Crippen molar-refractivity contribution in [1.82, 2.24) is 10.2 Å². The van der Waals surface area contributed by atoms with Crippen LogP contribution in [-0.4, -0.2) is 34.9 Å². The van der Waals surface area contributed by atoms with Crippen LogP contribution in [0.1, 0.15) is 44.7 Å². The highest BCUT2D eigenvalue weighted by Gasteiger charge is 2.42. The molecular weight excluding hydrogens is 300 g/mol. The van der Waals surface area contributed by atoms with Crippen molar-refractivity contribution in [2.75, 3.05) is 12.0 Å². The Morgan fingerprint density at radius 2 is 2.19 bits per heavy atom. The van der Waals surface area contributed by atoms with Gasteiger partial charge in [-0.2, -0.15) is 11.8 Å². The predicted molar refractivity (Wildman–Crippen MR) is 92.7 cm³/mol. The molecule has 3 unspecified atom stereocenters. The lowest BCUT2D eigenvalue weighted by atomic mass is 10.0. The van der Waals surface area contributed by atoms with Crippen molar-refractivity contribution in [1.29, 1.82) is 0 Å². The first-order chi connectivity index (χ1) is 10.0. The van der Waals surface area contributed by atoms with Crippen molar-refractivity contribution >= 4 is 29.0 Å². The van der Waals surface area contributed by atoms with Gasteiger partial charge in [0, 0.05) is 10.9 Å². The lowest BCUT2D eigenvalue weighted by Crippen LogP contribution is -2.38. The molecule has 0 radical (unpaired) electrons. The monoisotopic (exact) mass is 326 g/mol. The summed E-state index contributed by atoms with van der Waals surface area (Å²) in [5, 5.41) is 5.65. The molecule has 0 bridgehead atoms. The number of carbonyl (C=O) groups excluding carboxylic acids is 1. The maximum Gasteiger partial charge on any atom is 0.241 e. The molecule has 1 aromatic heterocycles. The fourth-order valence-corrected chi connectivity index (χ4v) is 4.21. The minimum atomic E-state index is -0.0335. The average molecular weight is 327 g/mol. The molecule has 1 amide bonds. The van der Waals surface area contributed by atoms with Gasteiger partial charge in [0.2, 0.25) is 5.91 Å². The largest absolute Gasteiger partial charge is 0.318 e. The molecule has 2 heterocycles. The minimum Gasteiger partial charge on any atom is -0.318 e. The van der Waals surface area contributed by atoms with Crippen molar-refractivity contribution < 1.29 is 4.79 Å². The number of amides is 1. The molecule has 0 aliphatic carbocycles. The third-order valence-electron chi connectivity index (χ3n) is 3.92. The molecule has 1 aliphatic rings. The molecule has 1 aromatic rings. The standard InChI is InChI=1S/C16H26N2OS2/c1-11(2)10-13-16(19)18(12(3)7-9-20-4)15(17-13)14-6-5-8-21-14/h5-6,8,11-13,15,17H,7,9-10H2,1-4H3. The van der Waals surface area contributed by atoms with Gasteiger partial charge in [-0.25, -0.2) is 0 Å². The topological polar surface area (TPSA) is 32.3 Å². The molecule has 3 atom stereocenters. The van der Waals surface area contributed by atoms with Gasteiger partial charge < -0.3 is 4.90 Å². The maximum absolute atomic E-state index is 12.8. The zero-order valence-corrected chi connectivity index (χ0v) is 15.0. The number of hydrogen-bond acceptors (Lipinski definition) is 4. The van der Waals surface area contributed by atoms with E-state index >= 15 is 0 Å². The van der Waals surface area contributed by atoms with Crippen LogP contribution < -0.4 is 5.32 Å². The van der Waals surface area contributed by atoms with Crippen molar-refractivity contribution in [3.8, 4) is 0 Å². The quantitative estimate of drug-likeness (QED) is 0.828. The second-order valence-corrected chi connectivity index (χ2v) is 8.11. The summed E-state index contributed by atoms with van der Waals surface area (Å²) in [7, 11) is 0. The molecule has 1 aliphatic heterocycles. The van der Waals surface area contributed by atoms with Crippen LogP contribution in [0.3, 0.4) is 0 Å². The highest BCUT2D eigenvalue weighted by Crippen LogP contribution is 2.33. The first kappa shape index (κ1) is 16.8. The van der Waals surface area contributed by atoms with Gasteiger partial charge in [-0.15, -0.1) is 11.3 Å². The zero-order valence-electron chi connectivity index (χ0n) is 13.3. The van der Waals surface area contributed by atoms with E-state index in [0.29, 0.717) is 5.92 Å². The molecule has 2 rings (SSSR count). The smallest absolute Gasteiger partial charge is 0.241 e. The van der Waals surface area contributed by atoms with E-state index in [9.17, 15) is 4.79 Å². The van der Waals surface area contributed by atoms with Crippen LogP contribution in [-0.2, 0) is 4.79 Å². The van der Waals surface area contributed by atoms with Gasteiger partial charge >= 0.3 is 0 Å². The Hall–Kier alpha value is -0.520. The van der Waals surface area contributed by atoms with E-state index in [1.165, 1.54) is 4.88 Å². The summed E-state index contributed by atoms with van der Waals surface area (Å²) >= 11 is 3.57. The van der Waals surface area contributed by atoms with Crippen molar-refractivity contribution in [3.63, 3.8) is 0 Å². The van der Waals surface area contributed by atoms with Gasteiger partial charge in [0.05, 0.1) is 6.04 Å². The number of carbonyl (C=O) groups is 1. The van der Waals surface area contributed by atoms with Gasteiger partial charge in [0.15, 0.2) is 0 Å². The van der Waals surface area contributed by atoms with Gasteiger partial charge in [-0.1, -0.05) is 19.9 Å². The van der Waals surface area contributed by atoms with Crippen LogP contribution in [0.25, 0.3) is 0 Å². The summed E-state index contributed by atoms with van der Waals surface area (Å²) in [6.07, 6.45) is 4.13. The summed E-state index contributed by atoms with van der Waals surface area (Å²) in [6, 6.07) is 4.43. The summed E-state index contributed by atoms with van der Waals surface area (Å²) in [5.41, 5.74) is 0. The number of nitrogens with one attached hydrogen (secondary N) is 1. The lowest BCUT2D eigenvalue weighted by molar-refractivity contribution is -0.132. The highest BCUT2D eigenvalue weighted by molar-refractivity contribution is 7.98. The second kappa shape index (κ2) is 7.65. The van der Waals surface area contributed by atoms with E-state index in [1.54, 1.807) is 11.3 Å². The summed E-state index contributed by atoms with van der Waals surface area (Å²) in [5.74, 6) is 1.89.